The summed E-state index contributed by atoms with van der Waals surface area (Å²) >= 11 is 3.20. The van der Waals surface area contributed by atoms with Crippen LogP contribution in [-0.2, 0) is 0 Å². The molecule has 1 saturated carbocycles. The van der Waals surface area contributed by atoms with Crippen molar-refractivity contribution in [3.63, 3.8) is 0 Å². The van der Waals surface area contributed by atoms with Gasteiger partial charge in [0.2, 0.25) is 0 Å². The third kappa shape index (κ3) is 3.35. The van der Waals surface area contributed by atoms with Crippen LogP contribution in [-0.4, -0.2) is 11.9 Å². The molecule has 1 fully saturated rings. The van der Waals surface area contributed by atoms with Crippen LogP contribution in [0, 0.1) is 5.92 Å². The number of halogens is 1. The maximum atomic E-state index is 11.9. The lowest BCUT2D eigenvalue weighted by Gasteiger charge is -2.27. The third-order valence-corrected chi connectivity index (χ3v) is 3.94. The van der Waals surface area contributed by atoms with Crippen LogP contribution in [0.4, 0.5) is 0 Å². The van der Waals surface area contributed by atoms with Gasteiger partial charge in [-0.2, -0.15) is 0 Å². The molecule has 1 aliphatic carbocycles. The summed E-state index contributed by atoms with van der Waals surface area (Å²) in [7, 11) is 0. The molecule has 0 radical (unpaired) electrons. The molecule has 1 atom stereocenters. The van der Waals surface area contributed by atoms with Crippen LogP contribution < -0.4 is 5.32 Å². The van der Waals surface area contributed by atoms with E-state index in [0.717, 1.165) is 0 Å². The van der Waals surface area contributed by atoms with Crippen LogP contribution in [0.15, 0.2) is 21.2 Å². The highest BCUT2D eigenvalue weighted by molar-refractivity contribution is 9.10. The van der Waals surface area contributed by atoms with E-state index in [1.165, 1.54) is 32.1 Å². The molecule has 2 rings (SSSR count). The quantitative estimate of drug-likeness (QED) is 0.924. The summed E-state index contributed by atoms with van der Waals surface area (Å²) in [4.78, 5) is 11.9. The maximum absolute atomic E-state index is 11.9. The maximum Gasteiger partial charge on any atom is 0.287 e. The first-order valence-corrected chi connectivity index (χ1v) is 7.02. The predicted molar refractivity (Wildman–Crippen MR) is 69.9 cm³/mol. The molecule has 3 nitrogen and oxygen atoms in total. The lowest BCUT2D eigenvalue weighted by molar-refractivity contribution is 0.0890. The van der Waals surface area contributed by atoms with Crippen LogP contribution >= 0.6 is 15.9 Å². The first-order chi connectivity index (χ1) is 8.16. The number of rotatable bonds is 3. The van der Waals surface area contributed by atoms with Gasteiger partial charge in [-0.3, -0.25) is 4.79 Å². The average molecular weight is 300 g/mol. The minimum atomic E-state index is -0.117. The van der Waals surface area contributed by atoms with Gasteiger partial charge in [0.05, 0.1) is 0 Å². The Labute approximate surface area is 110 Å². The molecule has 0 bridgehead atoms. The second-order valence-electron chi connectivity index (χ2n) is 4.76. The fraction of sp³-hybridized carbons (Fsp3) is 0.615. The van der Waals surface area contributed by atoms with Crippen molar-refractivity contribution in [1.29, 1.82) is 0 Å². The number of carbonyl (C=O) groups is 1. The fourth-order valence-electron chi connectivity index (χ4n) is 2.47. The SMILES string of the molecule is CC(NC(=O)c1ccc(Br)o1)C1CCCCC1. The average Bonchev–Trinajstić information content (AvgIpc) is 2.77. The van der Waals surface area contributed by atoms with E-state index < -0.39 is 0 Å². The van der Waals surface area contributed by atoms with Gasteiger partial charge in [0, 0.05) is 6.04 Å². The molecule has 0 spiro atoms. The topological polar surface area (TPSA) is 42.2 Å². The Morgan fingerprint density at radius 1 is 1.41 bits per heavy atom. The van der Waals surface area contributed by atoms with Gasteiger partial charge in [-0.05, 0) is 53.7 Å². The van der Waals surface area contributed by atoms with E-state index in [1.807, 2.05) is 0 Å². The Morgan fingerprint density at radius 2 is 2.12 bits per heavy atom. The molecule has 0 aromatic carbocycles. The predicted octanol–water partition coefficient (Wildman–Crippen LogP) is 3.74. The van der Waals surface area contributed by atoms with E-state index in [2.05, 4.69) is 28.2 Å². The summed E-state index contributed by atoms with van der Waals surface area (Å²) in [5.74, 6) is 0.874. The number of carbonyl (C=O) groups excluding carboxylic acids is 1. The van der Waals surface area contributed by atoms with Gasteiger partial charge in [-0.15, -0.1) is 0 Å². The smallest absolute Gasteiger partial charge is 0.287 e. The largest absolute Gasteiger partial charge is 0.444 e. The third-order valence-electron chi connectivity index (χ3n) is 3.51. The number of nitrogens with one attached hydrogen (secondary N) is 1. The summed E-state index contributed by atoms with van der Waals surface area (Å²) in [5.41, 5.74) is 0. The molecule has 1 heterocycles. The van der Waals surface area contributed by atoms with Crippen LogP contribution in [0.1, 0.15) is 49.6 Å². The lowest BCUT2D eigenvalue weighted by Crippen LogP contribution is -2.38. The molecule has 1 aromatic rings. The van der Waals surface area contributed by atoms with Crippen molar-refractivity contribution in [3.8, 4) is 0 Å². The van der Waals surface area contributed by atoms with Crippen LogP contribution in [0.2, 0.25) is 0 Å². The number of amides is 1. The molecule has 1 amide bonds. The highest BCUT2D eigenvalue weighted by atomic mass is 79.9. The highest BCUT2D eigenvalue weighted by Crippen LogP contribution is 2.26. The van der Waals surface area contributed by atoms with Crippen molar-refractivity contribution >= 4 is 21.8 Å². The van der Waals surface area contributed by atoms with Crippen molar-refractivity contribution in [3.05, 3.63) is 22.6 Å². The zero-order valence-electron chi connectivity index (χ0n) is 10.0. The molecule has 17 heavy (non-hydrogen) atoms. The zero-order chi connectivity index (χ0) is 12.3. The van der Waals surface area contributed by atoms with Crippen molar-refractivity contribution in [2.45, 2.75) is 45.1 Å². The molecule has 4 heteroatoms. The molecule has 1 aromatic heterocycles. The van der Waals surface area contributed by atoms with Gasteiger partial charge in [0.25, 0.3) is 5.91 Å². The van der Waals surface area contributed by atoms with Crippen molar-refractivity contribution in [2.75, 3.05) is 0 Å². The molecule has 0 aliphatic heterocycles. The van der Waals surface area contributed by atoms with Crippen molar-refractivity contribution < 1.29 is 9.21 Å². The fourth-order valence-corrected chi connectivity index (χ4v) is 2.77. The minimum Gasteiger partial charge on any atom is -0.444 e. The Bertz CT molecular complexity index is 383. The van der Waals surface area contributed by atoms with Crippen LogP contribution in [0.5, 0.6) is 0 Å². The summed E-state index contributed by atoms with van der Waals surface area (Å²) < 4.78 is 5.83. The molecule has 94 valence electrons. The van der Waals surface area contributed by atoms with Gasteiger partial charge >= 0.3 is 0 Å². The van der Waals surface area contributed by atoms with E-state index in [-0.39, 0.29) is 11.9 Å². The molecular weight excluding hydrogens is 282 g/mol. The standard InChI is InChI=1S/C13H18BrNO2/c1-9(10-5-3-2-4-6-10)15-13(16)11-7-8-12(14)17-11/h7-10H,2-6H2,1H3,(H,15,16). The molecular formula is C13H18BrNO2. The number of furan rings is 1. The van der Waals surface area contributed by atoms with E-state index in [1.54, 1.807) is 12.1 Å². The Balaban J connectivity index is 1.89. The molecule has 1 unspecified atom stereocenters. The van der Waals surface area contributed by atoms with E-state index in [4.69, 9.17) is 4.42 Å². The summed E-state index contributed by atoms with van der Waals surface area (Å²) in [6.07, 6.45) is 6.36. The lowest BCUT2D eigenvalue weighted by atomic mass is 9.84. The Kier molecular flexibility index (Phi) is 4.26. The van der Waals surface area contributed by atoms with Gasteiger partial charge < -0.3 is 9.73 Å². The first kappa shape index (κ1) is 12.7. The van der Waals surface area contributed by atoms with Gasteiger partial charge in [-0.25, -0.2) is 0 Å². The van der Waals surface area contributed by atoms with Crippen molar-refractivity contribution in [2.24, 2.45) is 5.92 Å². The van der Waals surface area contributed by atoms with E-state index >= 15 is 0 Å². The summed E-state index contributed by atoms with van der Waals surface area (Å²) in [6, 6.07) is 3.65. The van der Waals surface area contributed by atoms with E-state index in [9.17, 15) is 4.79 Å². The van der Waals surface area contributed by atoms with Gasteiger partial charge in [0.1, 0.15) is 0 Å². The van der Waals surface area contributed by atoms with Gasteiger partial charge in [-0.1, -0.05) is 19.3 Å². The minimum absolute atomic E-state index is 0.117. The number of hydrogen-bond donors (Lipinski definition) is 1. The van der Waals surface area contributed by atoms with Crippen LogP contribution in [0.3, 0.4) is 0 Å². The van der Waals surface area contributed by atoms with Crippen LogP contribution in [0.25, 0.3) is 0 Å². The van der Waals surface area contributed by atoms with Gasteiger partial charge in [0.15, 0.2) is 10.4 Å². The second-order valence-corrected chi connectivity index (χ2v) is 5.55. The molecule has 1 aliphatic rings. The number of hydrogen-bond acceptors (Lipinski definition) is 2. The summed E-state index contributed by atoms with van der Waals surface area (Å²) in [6.45, 7) is 2.09. The van der Waals surface area contributed by atoms with E-state index in [0.29, 0.717) is 16.3 Å². The summed E-state index contributed by atoms with van der Waals surface area (Å²) in [5, 5.41) is 3.03. The molecule has 1 N–H and O–H groups in total. The monoisotopic (exact) mass is 299 g/mol. The Hall–Kier alpha value is -0.770. The molecule has 0 saturated heterocycles. The first-order valence-electron chi connectivity index (χ1n) is 6.23. The zero-order valence-corrected chi connectivity index (χ0v) is 11.6. The van der Waals surface area contributed by atoms with Crippen molar-refractivity contribution in [1.82, 2.24) is 5.32 Å². The highest BCUT2D eigenvalue weighted by Gasteiger charge is 2.22. The second kappa shape index (κ2) is 5.71. The normalized spacial score (nSPS) is 18.9. The Morgan fingerprint density at radius 3 is 2.71 bits per heavy atom.